The molecule has 2 rings (SSSR count). The van der Waals surface area contributed by atoms with E-state index in [2.05, 4.69) is 0 Å². The Balaban J connectivity index is 2.75. The molecule has 0 heterocycles. The number of aromatic carboxylic acids is 1. The molecular formula is C12H11NO4. The zero-order valence-corrected chi connectivity index (χ0v) is 9.10. The van der Waals surface area contributed by atoms with Crippen molar-refractivity contribution < 1.29 is 19.7 Å². The molecule has 0 atom stereocenters. The van der Waals surface area contributed by atoms with Crippen LogP contribution >= 0.6 is 0 Å². The number of anilines is 1. The van der Waals surface area contributed by atoms with Gasteiger partial charge in [-0.15, -0.1) is 0 Å². The first-order valence-electron chi connectivity index (χ1n) is 4.86. The third-order valence-electron chi connectivity index (χ3n) is 2.54. The quantitative estimate of drug-likeness (QED) is 0.688. The van der Waals surface area contributed by atoms with Gasteiger partial charge in [-0.05, 0) is 35.0 Å². The molecule has 0 aliphatic heterocycles. The van der Waals surface area contributed by atoms with Crippen LogP contribution in [0.2, 0.25) is 0 Å². The van der Waals surface area contributed by atoms with Crippen LogP contribution in [0.3, 0.4) is 0 Å². The molecule has 0 aromatic heterocycles. The summed E-state index contributed by atoms with van der Waals surface area (Å²) in [6, 6.07) is 6.01. The number of phenolic OH excluding ortho intramolecular Hbond substituents is 1. The number of methoxy groups -OCH3 is 1. The molecule has 2 aromatic carbocycles. The van der Waals surface area contributed by atoms with Crippen LogP contribution in [0, 0.1) is 0 Å². The first-order chi connectivity index (χ1) is 8.02. The number of carboxylic acid groups (broad SMARTS) is 1. The van der Waals surface area contributed by atoms with Crippen molar-refractivity contribution in [2.24, 2.45) is 0 Å². The zero-order valence-electron chi connectivity index (χ0n) is 9.10. The molecule has 88 valence electrons. The molecule has 0 fully saturated rings. The lowest BCUT2D eigenvalue weighted by Crippen LogP contribution is -2.02. The predicted molar refractivity (Wildman–Crippen MR) is 63.5 cm³/mol. The number of nitrogens with two attached hydrogens (primary N) is 1. The minimum atomic E-state index is -1.09. The lowest BCUT2D eigenvalue weighted by Gasteiger charge is -2.08. The number of aromatic hydroxyl groups is 1. The summed E-state index contributed by atoms with van der Waals surface area (Å²) in [6.45, 7) is 0. The van der Waals surface area contributed by atoms with Gasteiger partial charge >= 0.3 is 5.97 Å². The highest BCUT2D eigenvalue weighted by Gasteiger charge is 2.11. The van der Waals surface area contributed by atoms with E-state index < -0.39 is 5.97 Å². The molecule has 0 saturated heterocycles. The van der Waals surface area contributed by atoms with Gasteiger partial charge in [0.1, 0.15) is 0 Å². The van der Waals surface area contributed by atoms with Crippen molar-refractivity contribution in [3.05, 3.63) is 29.8 Å². The summed E-state index contributed by atoms with van der Waals surface area (Å²) >= 11 is 0. The van der Waals surface area contributed by atoms with E-state index >= 15 is 0 Å². The van der Waals surface area contributed by atoms with E-state index in [1.165, 1.54) is 25.3 Å². The summed E-state index contributed by atoms with van der Waals surface area (Å²) in [5, 5.41) is 19.8. The van der Waals surface area contributed by atoms with Gasteiger partial charge in [0.05, 0.1) is 12.7 Å². The summed E-state index contributed by atoms with van der Waals surface area (Å²) in [4.78, 5) is 10.9. The molecule has 5 heteroatoms. The Hall–Kier alpha value is -2.43. The number of nitrogen functional groups attached to an aromatic ring is 1. The van der Waals surface area contributed by atoms with Crippen LogP contribution in [0.4, 0.5) is 5.69 Å². The number of rotatable bonds is 2. The SMILES string of the molecule is COc1cc2cc(C(=O)O)c(N)cc2cc1O. The number of hydrogen-bond acceptors (Lipinski definition) is 4. The van der Waals surface area contributed by atoms with Gasteiger partial charge in [0, 0.05) is 5.69 Å². The molecule has 0 spiro atoms. The first-order valence-corrected chi connectivity index (χ1v) is 4.86. The number of benzene rings is 2. The lowest BCUT2D eigenvalue weighted by atomic mass is 10.0. The molecule has 0 aliphatic rings. The minimum absolute atomic E-state index is 0.0116. The summed E-state index contributed by atoms with van der Waals surface area (Å²) in [5.41, 5.74) is 5.81. The third kappa shape index (κ3) is 1.82. The van der Waals surface area contributed by atoms with Crippen LogP contribution in [-0.2, 0) is 0 Å². The second-order valence-corrected chi connectivity index (χ2v) is 3.62. The fourth-order valence-corrected chi connectivity index (χ4v) is 1.68. The van der Waals surface area contributed by atoms with Gasteiger partial charge in [0.15, 0.2) is 11.5 Å². The number of hydrogen-bond donors (Lipinski definition) is 3. The highest BCUT2D eigenvalue weighted by atomic mass is 16.5. The number of carbonyl (C=O) groups is 1. The maximum Gasteiger partial charge on any atom is 0.337 e. The normalized spacial score (nSPS) is 10.4. The molecule has 0 bridgehead atoms. The molecule has 0 unspecified atom stereocenters. The van der Waals surface area contributed by atoms with Crippen LogP contribution in [0.15, 0.2) is 24.3 Å². The standard InChI is InChI=1S/C12H11NO4/c1-17-11-5-6-2-8(12(15)16)9(13)3-7(6)4-10(11)14/h2-5,14H,13H2,1H3,(H,15,16). The van der Waals surface area contributed by atoms with E-state index in [0.29, 0.717) is 16.5 Å². The zero-order chi connectivity index (χ0) is 12.6. The van der Waals surface area contributed by atoms with Gasteiger partial charge in [-0.3, -0.25) is 0 Å². The van der Waals surface area contributed by atoms with Gasteiger partial charge in [0.25, 0.3) is 0 Å². The third-order valence-corrected chi connectivity index (χ3v) is 2.54. The first kappa shape index (κ1) is 11.1. The Morgan fingerprint density at radius 2 is 1.88 bits per heavy atom. The smallest absolute Gasteiger partial charge is 0.337 e. The molecule has 2 aromatic rings. The van der Waals surface area contributed by atoms with Crippen LogP contribution in [-0.4, -0.2) is 23.3 Å². The number of phenols is 1. The van der Waals surface area contributed by atoms with E-state index in [4.69, 9.17) is 15.6 Å². The van der Waals surface area contributed by atoms with E-state index in [-0.39, 0.29) is 17.0 Å². The fraction of sp³-hybridized carbons (Fsp3) is 0.0833. The maximum absolute atomic E-state index is 10.9. The Labute approximate surface area is 97.0 Å². The van der Waals surface area contributed by atoms with Gasteiger partial charge in [-0.25, -0.2) is 4.79 Å². The van der Waals surface area contributed by atoms with Crippen molar-refractivity contribution in [2.75, 3.05) is 12.8 Å². The fourth-order valence-electron chi connectivity index (χ4n) is 1.68. The van der Waals surface area contributed by atoms with Crippen molar-refractivity contribution >= 4 is 22.4 Å². The van der Waals surface area contributed by atoms with Gasteiger partial charge in [0.2, 0.25) is 0 Å². The Morgan fingerprint density at radius 1 is 1.24 bits per heavy atom. The van der Waals surface area contributed by atoms with Crippen molar-refractivity contribution in [3.63, 3.8) is 0 Å². The molecule has 5 nitrogen and oxygen atoms in total. The van der Waals surface area contributed by atoms with Crippen molar-refractivity contribution in [2.45, 2.75) is 0 Å². The van der Waals surface area contributed by atoms with Crippen LogP contribution in [0.25, 0.3) is 10.8 Å². The summed E-state index contributed by atoms with van der Waals surface area (Å²) < 4.78 is 4.95. The van der Waals surface area contributed by atoms with Crippen molar-refractivity contribution in [3.8, 4) is 11.5 Å². The second-order valence-electron chi connectivity index (χ2n) is 3.62. The monoisotopic (exact) mass is 233 g/mol. The van der Waals surface area contributed by atoms with Gasteiger partial charge in [-0.2, -0.15) is 0 Å². The van der Waals surface area contributed by atoms with E-state index in [1.807, 2.05) is 0 Å². The predicted octanol–water partition coefficient (Wildman–Crippen LogP) is 1.83. The Morgan fingerprint density at radius 3 is 2.47 bits per heavy atom. The largest absolute Gasteiger partial charge is 0.504 e. The maximum atomic E-state index is 10.9. The summed E-state index contributed by atoms with van der Waals surface area (Å²) in [5.74, 6) is -0.808. The molecule has 0 radical (unpaired) electrons. The number of fused-ring (bicyclic) bond motifs is 1. The number of carboxylic acids is 1. The average molecular weight is 233 g/mol. The molecule has 17 heavy (non-hydrogen) atoms. The summed E-state index contributed by atoms with van der Waals surface area (Å²) in [6.07, 6.45) is 0. The molecular weight excluding hydrogens is 222 g/mol. The second kappa shape index (κ2) is 3.86. The molecule has 0 amide bonds. The Kier molecular flexibility index (Phi) is 2.51. The Bertz CT molecular complexity index is 607. The van der Waals surface area contributed by atoms with Gasteiger partial charge < -0.3 is 20.7 Å². The van der Waals surface area contributed by atoms with Crippen LogP contribution in [0.1, 0.15) is 10.4 Å². The molecule has 0 aliphatic carbocycles. The van der Waals surface area contributed by atoms with Crippen LogP contribution in [0.5, 0.6) is 11.5 Å². The van der Waals surface area contributed by atoms with Gasteiger partial charge in [-0.1, -0.05) is 0 Å². The topological polar surface area (TPSA) is 92.8 Å². The molecule has 0 saturated carbocycles. The van der Waals surface area contributed by atoms with E-state index in [1.54, 1.807) is 6.07 Å². The van der Waals surface area contributed by atoms with Crippen LogP contribution < -0.4 is 10.5 Å². The summed E-state index contributed by atoms with van der Waals surface area (Å²) in [7, 11) is 1.43. The van der Waals surface area contributed by atoms with Crippen molar-refractivity contribution in [1.82, 2.24) is 0 Å². The number of ether oxygens (including phenoxy) is 1. The minimum Gasteiger partial charge on any atom is -0.504 e. The lowest BCUT2D eigenvalue weighted by molar-refractivity contribution is 0.0698. The molecule has 4 N–H and O–H groups in total. The van der Waals surface area contributed by atoms with E-state index in [0.717, 1.165) is 0 Å². The average Bonchev–Trinajstić information content (AvgIpc) is 2.27. The van der Waals surface area contributed by atoms with E-state index in [9.17, 15) is 9.90 Å². The van der Waals surface area contributed by atoms with Crippen molar-refractivity contribution in [1.29, 1.82) is 0 Å². The highest BCUT2D eigenvalue weighted by molar-refractivity contribution is 6.01. The highest BCUT2D eigenvalue weighted by Crippen LogP contribution is 2.33.